The van der Waals surface area contributed by atoms with Crippen molar-refractivity contribution in [3.05, 3.63) is 133 Å². The van der Waals surface area contributed by atoms with Crippen LogP contribution in [0.4, 0.5) is 0 Å². The Bertz CT molecular complexity index is 2120. The van der Waals surface area contributed by atoms with Gasteiger partial charge in [-0.2, -0.15) is 0 Å². The molecule has 1 aliphatic rings. The number of benzene rings is 4. The lowest BCUT2D eigenvalue weighted by molar-refractivity contribution is -0.139. The highest BCUT2D eigenvalue weighted by molar-refractivity contribution is 7.07. The van der Waals surface area contributed by atoms with Crippen molar-refractivity contribution in [2.24, 2.45) is 4.99 Å². The molecule has 9 heteroatoms. The van der Waals surface area contributed by atoms with Crippen LogP contribution in [0.5, 0.6) is 17.2 Å². The number of hydrogen-bond acceptors (Lipinski definition) is 8. The van der Waals surface area contributed by atoms with Crippen LogP contribution in [0.2, 0.25) is 0 Å². The maximum Gasteiger partial charge on any atom is 0.338 e. The van der Waals surface area contributed by atoms with Crippen LogP contribution in [0, 0.1) is 0 Å². The molecule has 1 aliphatic heterocycles. The average molecular weight is 621 g/mol. The van der Waals surface area contributed by atoms with Crippen molar-refractivity contribution < 1.29 is 23.7 Å². The van der Waals surface area contributed by atoms with Gasteiger partial charge in [0.25, 0.3) is 5.56 Å². The van der Waals surface area contributed by atoms with E-state index in [1.165, 1.54) is 18.4 Å². The number of aromatic nitrogens is 1. The third-order valence-corrected chi connectivity index (χ3v) is 8.67. The van der Waals surface area contributed by atoms with Gasteiger partial charge >= 0.3 is 5.97 Å². The largest absolute Gasteiger partial charge is 0.497 e. The predicted octanol–water partition coefficient (Wildman–Crippen LogP) is 5.55. The number of rotatable bonds is 9. The van der Waals surface area contributed by atoms with E-state index < -0.39 is 12.0 Å². The smallest absolute Gasteiger partial charge is 0.338 e. The van der Waals surface area contributed by atoms with Crippen LogP contribution >= 0.6 is 11.3 Å². The maximum absolute atomic E-state index is 14.1. The number of thiazole rings is 1. The first-order chi connectivity index (χ1) is 21.9. The molecule has 0 radical (unpaired) electrons. The summed E-state index contributed by atoms with van der Waals surface area (Å²) in [5.74, 6) is 1.21. The molecule has 1 atom stereocenters. The summed E-state index contributed by atoms with van der Waals surface area (Å²) in [5.41, 5.74) is 2.99. The summed E-state index contributed by atoms with van der Waals surface area (Å²) >= 11 is 1.26. The lowest BCUT2D eigenvalue weighted by atomic mass is 9.95. The number of nitrogens with zero attached hydrogens (tertiary/aromatic N) is 2. The van der Waals surface area contributed by atoms with Crippen LogP contribution in [0.3, 0.4) is 0 Å². The molecule has 0 amide bonds. The van der Waals surface area contributed by atoms with Gasteiger partial charge in [0.05, 0.1) is 36.6 Å². The highest BCUT2D eigenvalue weighted by Gasteiger charge is 2.35. The second kappa shape index (κ2) is 12.8. The number of hydrogen-bond donors (Lipinski definition) is 0. The van der Waals surface area contributed by atoms with Gasteiger partial charge in [-0.1, -0.05) is 65.9 Å². The predicted molar refractivity (Wildman–Crippen MR) is 175 cm³/mol. The molecule has 4 aromatic carbocycles. The number of methoxy groups -OCH3 is 2. The van der Waals surface area contributed by atoms with Crippen molar-refractivity contribution in [3.63, 3.8) is 0 Å². The number of esters is 1. The molecule has 0 N–H and O–H groups in total. The minimum Gasteiger partial charge on any atom is -0.497 e. The minimum atomic E-state index is -0.807. The summed E-state index contributed by atoms with van der Waals surface area (Å²) < 4.78 is 24.7. The highest BCUT2D eigenvalue weighted by Crippen LogP contribution is 2.37. The standard InChI is InChI=1S/C36H32N2O6S/c1-5-43-35(40)32-22(2)37-36-38(33(32)29-17-16-26(41-3)20-30(29)42-4)34(39)31(45-36)19-23-10-8-14-27(18-23)44-21-25-13-9-12-24-11-6-7-15-28(24)25/h6-20,33H,5,21H2,1-4H3/b31-19-/t33-/m1/s1. The lowest BCUT2D eigenvalue weighted by Gasteiger charge is -2.26. The zero-order chi connectivity index (χ0) is 31.5. The van der Waals surface area contributed by atoms with Gasteiger partial charge in [-0.3, -0.25) is 9.36 Å². The van der Waals surface area contributed by atoms with Crippen LogP contribution in [0.1, 0.15) is 36.6 Å². The third-order valence-electron chi connectivity index (χ3n) is 7.68. The molecule has 0 bridgehead atoms. The summed E-state index contributed by atoms with van der Waals surface area (Å²) in [6.07, 6.45) is 1.82. The molecule has 0 saturated heterocycles. The first kappa shape index (κ1) is 29.9. The Morgan fingerprint density at radius 2 is 1.76 bits per heavy atom. The Morgan fingerprint density at radius 3 is 2.56 bits per heavy atom. The summed E-state index contributed by atoms with van der Waals surface area (Å²) in [4.78, 5) is 32.5. The number of carbonyl (C=O) groups excluding carboxylic acids is 1. The van der Waals surface area contributed by atoms with E-state index in [2.05, 4.69) is 29.3 Å². The van der Waals surface area contributed by atoms with Gasteiger partial charge < -0.3 is 18.9 Å². The van der Waals surface area contributed by atoms with Crippen LogP contribution in [-0.2, 0) is 16.1 Å². The third kappa shape index (κ3) is 5.86. The summed E-state index contributed by atoms with van der Waals surface area (Å²) in [7, 11) is 3.10. The van der Waals surface area contributed by atoms with Crippen LogP contribution in [-0.4, -0.2) is 31.4 Å². The normalized spacial score (nSPS) is 14.6. The zero-order valence-electron chi connectivity index (χ0n) is 25.4. The monoisotopic (exact) mass is 620 g/mol. The molecule has 5 aromatic rings. The molecule has 45 heavy (non-hydrogen) atoms. The second-order valence-electron chi connectivity index (χ2n) is 10.4. The molecule has 8 nitrogen and oxygen atoms in total. The Balaban J connectivity index is 1.39. The van der Waals surface area contributed by atoms with Gasteiger partial charge in [-0.25, -0.2) is 9.79 Å². The molecular formula is C36H32N2O6S. The van der Waals surface area contributed by atoms with Crippen LogP contribution < -0.4 is 29.1 Å². The van der Waals surface area contributed by atoms with E-state index in [1.54, 1.807) is 43.7 Å². The Hall–Kier alpha value is -5.15. The van der Waals surface area contributed by atoms with E-state index in [1.807, 2.05) is 48.5 Å². The molecule has 6 rings (SSSR count). The number of carbonyl (C=O) groups is 1. The van der Waals surface area contributed by atoms with E-state index in [-0.39, 0.29) is 17.7 Å². The van der Waals surface area contributed by atoms with Crippen LogP contribution in [0.25, 0.3) is 16.8 Å². The maximum atomic E-state index is 14.1. The van der Waals surface area contributed by atoms with Crippen molar-refractivity contribution in [2.45, 2.75) is 26.5 Å². The van der Waals surface area contributed by atoms with Crippen molar-refractivity contribution in [1.29, 1.82) is 0 Å². The minimum absolute atomic E-state index is 0.186. The first-order valence-electron chi connectivity index (χ1n) is 14.5. The van der Waals surface area contributed by atoms with Gasteiger partial charge in [0.15, 0.2) is 4.80 Å². The topological polar surface area (TPSA) is 88.4 Å². The average Bonchev–Trinajstić information content (AvgIpc) is 3.36. The Labute approximate surface area is 264 Å². The summed E-state index contributed by atoms with van der Waals surface area (Å²) in [6, 6.07) is 26.5. The van der Waals surface area contributed by atoms with E-state index in [9.17, 15) is 9.59 Å². The molecule has 0 fully saturated rings. The van der Waals surface area contributed by atoms with Crippen LogP contribution in [0.15, 0.2) is 106 Å². The fraction of sp³-hybridized carbons (Fsp3) is 0.194. The van der Waals surface area contributed by atoms with Gasteiger partial charge in [-0.15, -0.1) is 0 Å². The second-order valence-corrected chi connectivity index (χ2v) is 11.4. The van der Waals surface area contributed by atoms with Crippen molar-refractivity contribution in [2.75, 3.05) is 20.8 Å². The van der Waals surface area contributed by atoms with E-state index in [0.29, 0.717) is 44.4 Å². The number of ether oxygens (including phenoxy) is 4. The molecule has 2 heterocycles. The number of allylic oxidation sites excluding steroid dienone is 1. The fourth-order valence-electron chi connectivity index (χ4n) is 5.56. The quantitative estimate of drug-likeness (QED) is 0.201. The number of fused-ring (bicyclic) bond motifs is 2. The van der Waals surface area contributed by atoms with Crippen molar-refractivity contribution in [3.8, 4) is 17.2 Å². The molecule has 0 spiro atoms. The first-order valence-corrected chi connectivity index (χ1v) is 15.3. The molecule has 1 aromatic heterocycles. The lowest BCUT2D eigenvalue weighted by Crippen LogP contribution is -2.40. The van der Waals surface area contributed by atoms with Gasteiger partial charge in [0.2, 0.25) is 0 Å². The fourth-order valence-corrected chi connectivity index (χ4v) is 6.60. The molecular weight excluding hydrogens is 588 g/mol. The van der Waals surface area contributed by atoms with Gasteiger partial charge in [-0.05, 0) is 66.1 Å². The van der Waals surface area contributed by atoms with Gasteiger partial charge in [0, 0.05) is 11.6 Å². The zero-order valence-corrected chi connectivity index (χ0v) is 26.2. The Kier molecular flexibility index (Phi) is 8.53. The highest BCUT2D eigenvalue weighted by atomic mass is 32.1. The SMILES string of the molecule is CCOC(=O)C1=C(C)N=c2s/c(=C\c3cccc(OCc4cccc5ccccc45)c3)c(=O)n2[C@@H]1c1ccc(OC)cc1OC. The molecule has 228 valence electrons. The Morgan fingerprint density at radius 1 is 0.956 bits per heavy atom. The molecule has 0 aliphatic carbocycles. The van der Waals surface area contributed by atoms with Gasteiger partial charge in [0.1, 0.15) is 29.9 Å². The summed E-state index contributed by atoms with van der Waals surface area (Å²) in [5, 5.41) is 2.31. The van der Waals surface area contributed by atoms with E-state index >= 15 is 0 Å². The van der Waals surface area contributed by atoms with E-state index in [0.717, 1.165) is 21.9 Å². The van der Waals surface area contributed by atoms with E-state index in [4.69, 9.17) is 18.9 Å². The van der Waals surface area contributed by atoms with Crippen molar-refractivity contribution >= 4 is 34.2 Å². The molecule has 0 saturated carbocycles. The van der Waals surface area contributed by atoms with Crippen molar-refractivity contribution in [1.82, 2.24) is 4.57 Å². The summed E-state index contributed by atoms with van der Waals surface area (Å²) in [6.45, 7) is 4.09. The molecule has 0 unspecified atom stereocenters.